The summed E-state index contributed by atoms with van der Waals surface area (Å²) in [6, 6.07) is 17.4. The molecule has 1 aliphatic rings. The van der Waals surface area contributed by atoms with E-state index in [0.717, 1.165) is 24.1 Å². The summed E-state index contributed by atoms with van der Waals surface area (Å²) in [7, 11) is 0. The molecule has 0 atom stereocenters. The van der Waals surface area contributed by atoms with Crippen LogP contribution in [0.15, 0.2) is 70.7 Å². The molecular weight excluding hydrogens is 639 g/mol. The lowest BCUT2D eigenvalue weighted by molar-refractivity contribution is -0.122. The summed E-state index contributed by atoms with van der Waals surface area (Å²) in [5.74, 6) is -0.405. The monoisotopic (exact) mass is 660 g/mol. The number of barbiturate groups is 1. The van der Waals surface area contributed by atoms with Crippen LogP contribution in [-0.4, -0.2) is 24.5 Å². The van der Waals surface area contributed by atoms with Crippen LogP contribution in [0.25, 0.3) is 6.08 Å². The lowest BCUT2D eigenvalue weighted by atomic mass is 10.1. The Bertz CT molecular complexity index is 1390. The first kappa shape index (κ1) is 25.9. The largest absolute Gasteiger partial charge is 0.490 e. The first-order chi connectivity index (χ1) is 17.3. The number of imide groups is 2. The molecule has 1 saturated heterocycles. The van der Waals surface area contributed by atoms with Crippen molar-refractivity contribution in [2.24, 2.45) is 0 Å². The van der Waals surface area contributed by atoms with Gasteiger partial charge in [-0.2, -0.15) is 0 Å². The molecular formula is C27H22BrIN2O5. The number of rotatable bonds is 7. The van der Waals surface area contributed by atoms with E-state index in [-0.39, 0.29) is 5.57 Å². The molecule has 0 saturated carbocycles. The van der Waals surface area contributed by atoms with E-state index in [0.29, 0.717) is 36.0 Å². The van der Waals surface area contributed by atoms with Gasteiger partial charge in [0.2, 0.25) is 0 Å². The molecule has 184 valence electrons. The highest BCUT2D eigenvalue weighted by Crippen LogP contribution is 2.36. The van der Waals surface area contributed by atoms with Gasteiger partial charge in [-0.15, -0.1) is 0 Å². The van der Waals surface area contributed by atoms with Gasteiger partial charge in [0.25, 0.3) is 11.8 Å². The maximum atomic E-state index is 13.2. The van der Waals surface area contributed by atoms with Gasteiger partial charge in [-0.05, 0) is 84.0 Å². The van der Waals surface area contributed by atoms with Gasteiger partial charge in [0, 0.05) is 10.0 Å². The number of carbonyl (C=O) groups excluding carboxylic acids is 3. The van der Waals surface area contributed by atoms with Crippen molar-refractivity contribution in [1.82, 2.24) is 5.32 Å². The Labute approximate surface area is 230 Å². The molecule has 36 heavy (non-hydrogen) atoms. The first-order valence-corrected chi connectivity index (χ1v) is 13.0. The maximum Gasteiger partial charge on any atom is 0.335 e. The van der Waals surface area contributed by atoms with E-state index >= 15 is 0 Å². The molecule has 1 heterocycles. The molecule has 7 nitrogen and oxygen atoms in total. The number of anilines is 1. The van der Waals surface area contributed by atoms with Crippen molar-refractivity contribution in [1.29, 1.82) is 0 Å². The third kappa shape index (κ3) is 5.62. The van der Waals surface area contributed by atoms with Gasteiger partial charge in [-0.1, -0.05) is 46.3 Å². The Kier molecular flexibility index (Phi) is 8.10. The minimum Gasteiger partial charge on any atom is -0.490 e. The van der Waals surface area contributed by atoms with Crippen LogP contribution in [0.5, 0.6) is 11.5 Å². The molecule has 4 amide bonds. The smallest absolute Gasteiger partial charge is 0.335 e. The Morgan fingerprint density at radius 2 is 1.81 bits per heavy atom. The third-order valence-corrected chi connectivity index (χ3v) is 6.91. The molecule has 0 unspecified atom stereocenters. The minimum atomic E-state index is -0.784. The highest BCUT2D eigenvalue weighted by Gasteiger charge is 2.37. The molecule has 0 radical (unpaired) electrons. The number of aryl methyl sites for hydroxylation is 1. The fourth-order valence-corrected chi connectivity index (χ4v) is 4.85. The maximum absolute atomic E-state index is 13.2. The summed E-state index contributed by atoms with van der Waals surface area (Å²) in [6.07, 6.45) is 1.45. The van der Waals surface area contributed by atoms with Gasteiger partial charge >= 0.3 is 6.03 Å². The average Bonchev–Trinajstić information content (AvgIpc) is 2.82. The second kappa shape index (κ2) is 11.3. The second-order valence-corrected chi connectivity index (χ2v) is 9.96. The van der Waals surface area contributed by atoms with Gasteiger partial charge in [0.1, 0.15) is 12.2 Å². The van der Waals surface area contributed by atoms with Crippen LogP contribution in [0.3, 0.4) is 0 Å². The zero-order valence-corrected chi connectivity index (χ0v) is 23.3. The van der Waals surface area contributed by atoms with Crippen LogP contribution >= 0.6 is 38.5 Å². The van der Waals surface area contributed by atoms with Gasteiger partial charge in [-0.25, -0.2) is 9.69 Å². The van der Waals surface area contributed by atoms with Crippen LogP contribution in [0.2, 0.25) is 0 Å². The normalized spacial score (nSPS) is 14.7. The molecule has 1 N–H and O–H groups in total. The number of nitrogens with one attached hydrogen (secondary N) is 1. The van der Waals surface area contributed by atoms with Crippen LogP contribution in [0.1, 0.15) is 23.6 Å². The van der Waals surface area contributed by atoms with Gasteiger partial charge in [-0.3, -0.25) is 14.9 Å². The van der Waals surface area contributed by atoms with E-state index in [1.54, 1.807) is 30.3 Å². The first-order valence-electron chi connectivity index (χ1n) is 11.1. The summed E-state index contributed by atoms with van der Waals surface area (Å²) in [5, 5.41) is 2.25. The fourth-order valence-electron chi connectivity index (χ4n) is 3.67. The van der Waals surface area contributed by atoms with Gasteiger partial charge in [0.15, 0.2) is 11.5 Å². The van der Waals surface area contributed by atoms with Crippen molar-refractivity contribution >= 4 is 68.1 Å². The molecule has 9 heteroatoms. The number of hydrogen-bond acceptors (Lipinski definition) is 5. The summed E-state index contributed by atoms with van der Waals surface area (Å²) >= 11 is 5.66. The number of carbonyl (C=O) groups is 3. The minimum absolute atomic E-state index is 0.156. The molecule has 3 aromatic carbocycles. The number of halogens is 2. The zero-order chi connectivity index (χ0) is 25.8. The predicted molar refractivity (Wildman–Crippen MR) is 149 cm³/mol. The molecule has 4 rings (SSSR count). The molecule has 0 spiro atoms. The highest BCUT2D eigenvalue weighted by atomic mass is 127. The van der Waals surface area contributed by atoms with Gasteiger partial charge < -0.3 is 9.47 Å². The van der Waals surface area contributed by atoms with Crippen molar-refractivity contribution in [3.05, 3.63) is 91.0 Å². The molecule has 0 aliphatic carbocycles. The average molecular weight is 661 g/mol. The number of urea groups is 1. The molecule has 3 aromatic rings. The van der Waals surface area contributed by atoms with Crippen molar-refractivity contribution in [3.63, 3.8) is 0 Å². The van der Waals surface area contributed by atoms with E-state index in [4.69, 9.17) is 9.47 Å². The standard InChI is InChI=1S/C27H22BrIN2O5/c1-3-35-23-14-17(13-22(29)24(23)36-15-18-8-4-5-10-21(18)28)12-20-25(32)30-27(34)31(26(20)33)19-9-6-7-16(2)11-19/h4-14H,3,15H2,1-2H3,(H,30,32,34)/b20-12+. The Morgan fingerprint density at radius 1 is 1.03 bits per heavy atom. The van der Waals surface area contributed by atoms with E-state index < -0.39 is 17.8 Å². The SMILES string of the molecule is CCOc1cc(/C=C2\C(=O)NC(=O)N(c3cccc(C)c3)C2=O)cc(I)c1OCc1ccccc1Br. The Morgan fingerprint density at radius 3 is 2.53 bits per heavy atom. The van der Waals surface area contributed by atoms with Crippen LogP contribution in [0.4, 0.5) is 10.5 Å². The van der Waals surface area contributed by atoms with E-state index in [9.17, 15) is 14.4 Å². The van der Waals surface area contributed by atoms with Crippen molar-refractivity contribution < 1.29 is 23.9 Å². The van der Waals surface area contributed by atoms with E-state index in [2.05, 4.69) is 43.8 Å². The number of hydrogen-bond donors (Lipinski definition) is 1. The number of ether oxygens (including phenoxy) is 2. The fraction of sp³-hybridized carbons (Fsp3) is 0.148. The Hall–Kier alpha value is -3.18. The molecule has 0 aromatic heterocycles. The number of amides is 4. The predicted octanol–water partition coefficient (Wildman–Crippen LogP) is 6.01. The van der Waals surface area contributed by atoms with Gasteiger partial charge in [0.05, 0.1) is 15.9 Å². The number of benzene rings is 3. The highest BCUT2D eigenvalue weighted by molar-refractivity contribution is 14.1. The van der Waals surface area contributed by atoms with E-state index in [1.165, 1.54) is 6.08 Å². The van der Waals surface area contributed by atoms with Crippen molar-refractivity contribution in [2.45, 2.75) is 20.5 Å². The summed E-state index contributed by atoms with van der Waals surface area (Å²) < 4.78 is 13.6. The summed E-state index contributed by atoms with van der Waals surface area (Å²) in [6.45, 7) is 4.44. The number of nitrogens with zero attached hydrogens (tertiary/aromatic N) is 1. The van der Waals surface area contributed by atoms with Crippen molar-refractivity contribution in [2.75, 3.05) is 11.5 Å². The lowest BCUT2D eigenvalue weighted by Crippen LogP contribution is -2.54. The molecule has 0 bridgehead atoms. The molecule has 1 fully saturated rings. The topological polar surface area (TPSA) is 84.9 Å². The van der Waals surface area contributed by atoms with Crippen molar-refractivity contribution in [3.8, 4) is 11.5 Å². The Balaban J connectivity index is 1.67. The second-order valence-electron chi connectivity index (χ2n) is 7.94. The quantitative estimate of drug-likeness (QED) is 0.191. The van der Waals surface area contributed by atoms with Crippen LogP contribution < -0.4 is 19.7 Å². The molecule has 1 aliphatic heterocycles. The lowest BCUT2D eigenvalue weighted by Gasteiger charge is -2.26. The van der Waals surface area contributed by atoms with E-state index in [1.807, 2.05) is 44.2 Å². The summed E-state index contributed by atoms with van der Waals surface area (Å²) in [5.41, 5.74) is 2.65. The zero-order valence-electron chi connectivity index (χ0n) is 19.5. The van der Waals surface area contributed by atoms with Crippen LogP contribution in [-0.2, 0) is 16.2 Å². The van der Waals surface area contributed by atoms with Crippen LogP contribution in [0, 0.1) is 10.5 Å². The third-order valence-electron chi connectivity index (χ3n) is 5.33. The summed E-state index contributed by atoms with van der Waals surface area (Å²) in [4.78, 5) is 39.3.